The van der Waals surface area contributed by atoms with Crippen molar-refractivity contribution in [3.63, 3.8) is 0 Å². The minimum atomic E-state index is -0.397. The third-order valence-corrected chi connectivity index (χ3v) is 6.42. The van der Waals surface area contributed by atoms with Crippen molar-refractivity contribution in [2.75, 3.05) is 29.2 Å². The number of nitrogens with zero attached hydrogens (tertiary/aromatic N) is 1. The normalized spacial score (nSPS) is 17.3. The van der Waals surface area contributed by atoms with E-state index in [1.807, 2.05) is 36.4 Å². The van der Waals surface area contributed by atoms with Crippen molar-refractivity contribution in [2.45, 2.75) is 5.37 Å². The van der Waals surface area contributed by atoms with Gasteiger partial charge in [-0.3, -0.25) is 14.5 Å². The standard InChI is InChI=1S/C24H19FN2O4S/c25-17-6-4-15(5-7-17)23(29)26-18-3-1-2-16(12-18)24-27(22(28)14-32-24)19-8-9-20-21(13-19)31-11-10-30-20/h1-9,12-13,24H,10-11,14H2,(H,26,29). The Morgan fingerprint density at radius 1 is 1.00 bits per heavy atom. The van der Waals surface area contributed by atoms with Gasteiger partial charge in [0, 0.05) is 23.0 Å². The monoisotopic (exact) mass is 450 g/mol. The van der Waals surface area contributed by atoms with E-state index in [-0.39, 0.29) is 17.2 Å². The van der Waals surface area contributed by atoms with Crippen LogP contribution in [0.15, 0.2) is 66.7 Å². The lowest BCUT2D eigenvalue weighted by Crippen LogP contribution is -2.28. The van der Waals surface area contributed by atoms with Crippen LogP contribution in [-0.2, 0) is 4.79 Å². The van der Waals surface area contributed by atoms with Gasteiger partial charge in [0.15, 0.2) is 11.5 Å². The van der Waals surface area contributed by atoms with E-state index in [1.165, 1.54) is 36.0 Å². The number of carbonyl (C=O) groups excluding carboxylic acids is 2. The topological polar surface area (TPSA) is 67.9 Å². The smallest absolute Gasteiger partial charge is 0.255 e. The number of benzene rings is 3. The Morgan fingerprint density at radius 2 is 1.78 bits per heavy atom. The van der Waals surface area contributed by atoms with Gasteiger partial charge in [0.1, 0.15) is 24.4 Å². The molecule has 1 saturated heterocycles. The van der Waals surface area contributed by atoms with Gasteiger partial charge in [0.25, 0.3) is 5.91 Å². The van der Waals surface area contributed by atoms with Crippen LogP contribution in [0, 0.1) is 5.82 Å². The zero-order valence-corrected chi connectivity index (χ0v) is 17.7. The molecular formula is C24H19FN2O4S. The number of amides is 2. The molecule has 0 aliphatic carbocycles. The highest BCUT2D eigenvalue weighted by molar-refractivity contribution is 8.00. The first-order chi connectivity index (χ1) is 15.6. The highest BCUT2D eigenvalue weighted by Gasteiger charge is 2.35. The number of rotatable bonds is 4. The van der Waals surface area contributed by atoms with Crippen LogP contribution in [0.2, 0.25) is 0 Å². The van der Waals surface area contributed by atoms with Crippen LogP contribution in [-0.4, -0.2) is 30.8 Å². The summed E-state index contributed by atoms with van der Waals surface area (Å²) < 4.78 is 24.4. The van der Waals surface area contributed by atoms with E-state index in [0.29, 0.717) is 41.7 Å². The largest absolute Gasteiger partial charge is 0.486 e. The average Bonchev–Trinajstić information content (AvgIpc) is 3.20. The summed E-state index contributed by atoms with van der Waals surface area (Å²) >= 11 is 1.52. The number of hydrogen-bond acceptors (Lipinski definition) is 5. The van der Waals surface area contributed by atoms with Crippen molar-refractivity contribution in [3.8, 4) is 11.5 Å². The van der Waals surface area contributed by atoms with Gasteiger partial charge in [-0.2, -0.15) is 0 Å². The Morgan fingerprint density at radius 3 is 2.59 bits per heavy atom. The number of ether oxygens (including phenoxy) is 2. The maximum Gasteiger partial charge on any atom is 0.255 e. The minimum Gasteiger partial charge on any atom is -0.486 e. The van der Waals surface area contributed by atoms with Crippen LogP contribution in [0.4, 0.5) is 15.8 Å². The van der Waals surface area contributed by atoms with E-state index in [2.05, 4.69) is 5.32 Å². The Balaban J connectivity index is 1.39. The summed E-state index contributed by atoms with van der Waals surface area (Å²) in [6.45, 7) is 0.974. The maximum absolute atomic E-state index is 13.1. The fourth-order valence-corrected chi connectivity index (χ4v) is 4.87. The molecule has 32 heavy (non-hydrogen) atoms. The molecule has 0 aromatic heterocycles. The lowest BCUT2D eigenvalue weighted by molar-refractivity contribution is -0.115. The summed E-state index contributed by atoms with van der Waals surface area (Å²) in [4.78, 5) is 27.0. The molecule has 0 spiro atoms. The molecule has 0 bridgehead atoms. The lowest BCUT2D eigenvalue weighted by atomic mass is 10.1. The minimum absolute atomic E-state index is 0.00238. The van der Waals surface area contributed by atoms with E-state index in [4.69, 9.17) is 9.47 Å². The number of carbonyl (C=O) groups is 2. The molecule has 0 saturated carbocycles. The fourth-order valence-electron chi connectivity index (χ4n) is 3.71. The third kappa shape index (κ3) is 4.01. The van der Waals surface area contributed by atoms with Gasteiger partial charge in [-0.05, 0) is 54.1 Å². The van der Waals surface area contributed by atoms with Gasteiger partial charge in [0.2, 0.25) is 5.91 Å². The summed E-state index contributed by atoms with van der Waals surface area (Å²) in [5.41, 5.74) is 2.57. The number of thioether (sulfide) groups is 1. The van der Waals surface area contributed by atoms with Crippen molar-refractivity contribution < 1.29 is 23.5 Å². The zero-order chi connectivity index (χ0) is 22.1. The predicted molar refractivity (Wildman–Crippen MR) is 121 cm³/mol. The molecule has 2 amide bonds. The van der Waals surface area contributed by atoms with Crippen molar-refractivity contribution >= 4 is 35.0 Å². The molecular weight excluding hydrogens is 431 g/mol. The summed E-state index contributed by atoms with van der Waals surface area (Å²) in [5.74, 6) is 0.911. The quantitative estimate of drug-likeness (QED) is 0.628. The number of nitrogens with one attached hydrogen (secondary N) is 1. The number of hydrogen-bond donors (Lipinski definition) is 1. The first-order valence-electron chi connectivity index (χ1n) is 10.1. The summed E-state index contributed by atoms with van der Waals surface area (Å²) in [6, 6.07) is 18.2. The summed E-state index contributed by atoms with van der Waals surface area (Å²) in [6.07, 6.45) is 0. The molecule has 2 heterocycles. The van der Waals surface area contributed by atoms with Gasteiger partial charge in [-0.1, -0.05) is 12.1 Å². The molecule has 162 valence electrons. The van der Waals surface area contributed by atoms with E-state index < -0.39 is 5.82 Å². The van der Waals surface area contributed by atoms with Crippen molar-refractivity contribution in [2.24, 2.45) is 0 Å². The molecule has 3 aromatic rings. The van der Waals surface area contributed by atoms with Crippen LogP contribution >= 0.6 is 11.8 Å². The van der Waals surface area contributed by atoms with Crippen molar-refractivity contribution in [1.29, 1.82) is 0 Å². The van der Waals surface area contributed by atoms with E-state index in [9.17, 15) is 14.0 Å². The molecule has 1 N–H and O–H groups in total. The van der Waals surface area contributed by atoms with Crippen LogP contribution in [0.3, 0.4) is 0 Å². The van der Waals surface area contributed by atoms with Gasteiger partial charge in [-0.25, -0.2) is 4.39 Å². The molecule has 2 aliphatic heterocycles. The van der Waals surface area contributed by atoms with E-state index >= 15 is 0 Å². The van der Waals surface area contributed by atoms with Crippen LogP contribution < -0.4 is 19.7 Å². The molecule has 2 aliphatic rings. The van der Waals surface area contributed by atoms with Crippen LogP contribution in [0.25, 0.3) is 0 Å². The average molecular weight is 450 g/mol. The molecule has 0 radical (unpaired) electrons. The predicted octanol–water partition coefficient (Wildman–Crippen LogP) is 4.63. The van der Waals surface area contributed by atoms with Gasteiger partial charge >= 0.3 is 0 Å². The molecule has 1 unspecified atom stereocenters. The Bertz CT molecular complexity index is 1180. The van der Waals surface area contributed by atoms with E-state index in [0.717, 1.165) is 11.3 Å². The SMILES string of the molecule is O=C(Nc1cccc(C2SCC(=O)N2c2ccc3c(c2)OCCO3)c1)c1ccc(F)cc1. The summed E-state index contributed by atoms with van der Waals surface area (Å²) in [5, 5.41) is 2.59. The molecule has 3 aromatic carbocycles. The van der Waals surface area contributed by atoms with Crippen molar-refractivity contribution in [1.82, 2.24) is 0 Å². The number of halogens is 1. The number of anilines is 2. The zero-order valence-electron chi connectivity index (χ0n) is 16.9. The maximum atomic E-state index is 13.1. The fraction of sp³-hybridized carbons (Fsp3) is 0.167. The Kier molecular flexibility index (Phi) is 5.45. The molecule has 6 nitrogen and oxygen atoms in total. The van der Waals surface area contributed by atoms with Gasteiger partial charge in [0.05, 0.1) is 5.75 Å². The first kappa shape index (κ1) is 20.4. The summed E-state index contributed by atoms with van der Waals surface area (Å²) in [7, 11) is 0. The first-order valence-corrected chi connectivity index (χ1v) is 11.1. The molecule has 1 atom stereocenters. The van der Waals surface area contributed by atoms with Crippen LogP contribution in [0.5, 0.6) is 11.5 Å². The molecule has 5 rings (SSSR count). The van der Waals surface area contributed by atoms with E-state index in [1.54, 1.807) is 11.0 Å². The van der Waals surface area contributed by atoms with Crippen LogP contribution in [0.1, 0.15) is 21.3 Å². The molecule has 1 fully saturated rings. The second kappa shape index (κ2) is 8.55. The van der Waals surface area contributed by atoms with Gasteiger partial charge < -0.3 is 14.8 Å². The third-order valence-electron chi connectivity index (χ3n) is 5.21. The molecule has 8 heteroatoms. The second-order valence-corrected chi connectivity index (χ2v) is 8.41. The number of fused-ring (bicyclic) bond motifs is 1. The lowest BCUT2D eigenvalue weighted by Gasteiger charge is -2.26. The Hall–Kier alpha value is -3.52. The highest BCUT2D eigenvalue weighted by atomic mass is 32.2. The Labute approximate surface area is 188 Å². The van der Waals surface area contributed by atoms with Gasteiger partial charge in [-0.15, -0.1) is 11.8 Å². The van der Waals surface area contributed by atoms with Crippen molar-refractivity contribution in [3.05, 3.63) is 83.7 Å². The highest BCUT2D eigenvalue weighted by Crippen LogP contribution is 2.44. The second-order valence-electron chi connectivity index (χ2n) is 7.34.